The third-order valence-corrected chi connectivity index (χ3v) is 10.9. The maximum Gasteiger partial charge on any atom is 0.153 e. The highest BCUT2D eigenvalue weighted by atomic mass is 32.4. The van der Waals surface area contributed by atoms with Crippen molar-refractivity contribution < 1.29 is 0 Å². The van der Waals surface area contributed by atoms with Crippen LogP contribution in [0.3, 0.4) is 0 Å². The van der Waals surface area contributed by atoms with Gasteiger partial charge in [0, 0.05) is 18.8 Å². The maximum atomic E-state index is 6.48. The number of hydrogen-bond donors (Lipinski definition) is 0. The fourth-order valence-corrected chi connectivity index (χ4v) is 8.21. The Kier molecular flexibility index (Phi) is 4.99. The molecule has 0 spiro atoms. The molecule has 6 heteroatoms. The van der Waals surface area contributed by atoms with E-state index in [4.69, 9.17) is 16.9 Å². The van der Waals surface area contributed by atoms with Crippen LogP contribution in [0.4, 0.5) is 5.69 Å². The Morgan fingerprint density at radius 3 is 2.33 bits per heavy atom. The first-order chi connectivity index (χ1) is 12.8. The van der Waals surface area contributed by atoms with Crippen LogP contribution in [0.5, 0.6) is 0 Å². The Bertz CT molecular complexity index is 822. The van der Waals surface area contributed by atoms with Crippen LogP contribution in [0.15, 0.2) is 46.4 Å². The Balaban J connectivity index is 1.90. The highest BCUT2D eigenvalue weighted by molar-refractivity contribution is 8.16. The number of para-hydroxylation sites is 1. The van der Waals surface area contributed by atoms with Gasteiger partial charge in [-0.05, 0) is 63.7 Å². The fourth-order valence-electron chi connectivity index (χ4n) is 4.56. The summed E-state index contributed by atoms with van der Waals surface area (Å²) in [5.41, 5.74) is 4.06. The predicted octanol–water partition coefficient (Wildman–Crippen LogP) is 5.25. The molecular weight excluding hydrogens is 371 g/mol. The molecule has 1 aromatic rings. The molecule has 0 saturated carbocycles. The number of nitrogens with zero attached hydrogens (tertiary/aromatic N) is 4. The molecule has 0 N–H and O–H groups in total. The van der Waals surface area contributed by atoms with Gasteiger partial charge < -0.3 is 4.90 Å². The number of hydrazone groups is 1. The highest BCUT2D eigenvalue weighted by Gasteiger charge is 2.48. The SMILES string of the molecule is CN(C)[P@]1(=S)C2=C(N3CCCCC3)CC(C)(C)CC2=NN1c1ccccc1. The van der Waals surface area contributed by atoms with E-state index in [1.54, 1.807) is 0 Å². The third-order valence-electron chi connectivity index (χ3n) is 5.87. The van der Waals surface area contributed by atoms with Crippen molar-refractivity contribution in [2.75, 3.05) is 32.0 Å². The van der Waals surface area contributed by atoms with Gasteiger partial charge in [-0.1, -0.05) is 43.9 Å². The first-order valence-electron chi connectivity index (χ1n) is 10.0. The van der Waals surface area contributed by atoms with Crippen LogP contribution in [0.2, 0.25) is 0 Å². The molecule has 1 atom stereocenters. The minimum Gasteiger partial charge on any atom is -0.374 e. The Morgan fingerprint density at radius 2 is 1.70 bits per heavy atom. The summed E-state index contributed by atoms with van der Waals surface area (Å²) in [5.74, 6) is 0. The average Bonchev–Trinajstić information content (AvgIpc) is 2.95. The molecule has 146 valence electrons. The largest absolute Gasteiger partial charge is 0.374 e. The second-order valence-electron chi connectivity index (χ2n) is 8.92. The quantitative estimate of drug-likeness (QED) is 0.644. The van der Waals surface area contributed by atoms with Crippen molar-refractivity contribution in [1.29, 1.82) is 0 Å². The first-order valence-corrected chi connectivity index (χ1v) is 12.7. The molecule has 0 amide bonds. The fraction of sp³-hybridized carbons (Fsp3) is 0.571. The second kappa shape index (κ2) is 7.02. The van der Waals surface area contributed by atoms with E-state index < -0.39 is 6.34 Å². The van der Waals surface area contributed by atoms with E-state index in [-0.39, 0.29) is 5.41 Å². The van der Waals surface area contributed by atoms with E-state index in [0.29, 0.717) is 0 Å². The lowest BCUT2D eigenvalue weighted by molar-refractivity contribution is 0.240. The molecule has 27 heavy (non-hydrogen) atoms. The molecule has 0 unspecified atom stereocenters. The molecule has 1 aliphatic carbocycles. The van der Waals surface area contributed by atoms with Crippen LogP contribution >= 0.6 is 6.34 Å². The molecule has 4 nitrogen and oxygen atoms in total. The van der Waals surface area contributed by atoms with Gasteiger partial charge in [0.15, 0.2) is 6.34 Å². The average molecular weight is 403 g/mol. The minimum absolute atomic E-state index is 0.230. The Hall–Kier alpha value is -1.16. The summed E-state index contributed by atoms with van der Waals surface area (Å²) in [6.45, 7) is 7.08. The van der Waals surface area contributed by atoms with Crippen molar-refractivity contribution in [2.45, 2.75) is 46.0 Å². The lowest BCUT2D eigenvalue weighted by Crippen LogP contribution is -2.37. The molecule has 0 aromatic heterocycles. The van der Waals surface area contributed by atoms with Crippen LogP contribution in [0, 0.1) is 5.41 Å². The Labute approximate surface area is 169 Å². The Morgan fingerprint density at radius 1 is 1.04 bits per heavy atom. The summed E-state index contributed by atoms with van der Waals surface area (Å²) in [6, 6.07) is 10.5. The molecule has 1 aromatic carbocycles. The summed E-state index contributed by atoms with van der Waals surface area (Å²) in [7, 11) is 4.27. The molecule has 2 heterocycles. The van der Waals surface area contributed by atoms with Crippen molar-refractivity contribution in [2.24, 2.45) is 10.5 Å². The normalized spacial score (nSPS) is 27.8. The second-order valence-corrected chi connectivity index (χ2v) is 13.2. The summed E-state index contributed by atoms with van der Waals surface area (Å²) in [6.07, 6.45) is 3.89. The highest BCUT2D eigenvalue weighted by Crippen LogP contribution is 2.68. The number of likely N-dealkylation sites (tertiary alicyclic amines) is 1. The lowest BCUT2D eigenvalue weighted by atomic mass is 9.78. The van der Waals surface area contributed by atoms with Crippen molar-refractivity contribution in [3.05, 3.63) is 41.3 Å². The van der Waals surface area contributed by atoms with Crippen LogP contribution in [-0.2, 0) is 11.8 Å². The van der Waals surface area contributed by atoms with Crippen molar-refractivity contribution in [1.82, 2.24) is 9.57 Å². The van der Waals surface area contributed by atoms with Crippen LogP contribution in [-0.4, -0.2) is 42.5 Å². The lowest BCUT2D eigenvalue weighted by Gasteiger charge is -2.43. The van der Waals surface area contributed by atoms with Gasteiger partial charge in [-0.2, -0.15) is 5.10 Å². The van der Waals surface area contributed by atoms with E-state index in [1.807, 2.05) is 0 Å². The van der Waals surface area contributed by atoms with E-state index in [0.717, 1.165) is 31.6 Å². The van der Waals surface area contributed by atoms with Gasteiger partial charge in [-0.15, -0.1) is 0 Å². The van der Waals surface area contributed by atoms with Gasteiger partial charge in [0.25, 0.3) is 0 Å². The van der Waals surface area contributed by atoms with Gasteiger partial charge in [-0.25, -0.2) is 4.78 Å². The summed E-state index contributed by atoms with van der Waals surface area (Å²) in [5, 5.41) is 6.55. The topological polar surface area (TPSA) is 22.1 Å². The number of rotatable bonds is 3. The molecule has 3 aliphatic rings. The van der Waals surface area contributed by atoms with Crippen LogP contribution < -0.4 is 4.78 Å². The van der Waals surface area contributed by atoms with Crippen LogP contribution in [0.1, 0.15) is 46.0 Å². The number of allylic oxidation sites excluding steroid dienone is 2. The summed E-state index contributed by atoms with van der Waals surface area (Å²) in [4.78, 5) is 2.63. The van der Waals surface area contributed by atoms with Gasteiger partial charge in [0.2, 0.25) is 0 Å². The van der Waals surface area contributed by atoms with Gasteiger partial charge in [0.1, 0.15) is 0 Å². The summed E-state index contributed by atoms with van der Waals surface area (Å²) >= 11 is 6.48. The third kappa shape index (κ3) is 3.28. The van der Waals surface area contributed by atoms with Gasteiger partial charge in [0.05, 0.1) is 16.7 Å². The molecule has 0 bridgehead atoms. The molecule has 0 radical (unpaired) electrons. The van der Waals surface area contributed by atoms with Crippen molar-refractivity contribution in [3.8, 4) is 0 Å². The van der Waals surface area contributed by atoms with Gasteiger partial charge in [-0.3, -0.25) is 4.67 Å². The summed E-state index contributed by atoms with van der Waals surface area (Å²) < 4.78 is 4.45. The van der Waals surface area contributed by atoms with Crippen molar-refractivity contribution in [3.63, 3.8) is 0 Å². The number of piperidine rings is 1. The van der Waals surface area contributed by atoms with E-state index in [1.165, 1.54) is 36.0 Å². The monoisotopic (exact) mass is 402 g/mol. The maximum absolute atomic E-state index is 6.48. The first kappa shape index (κ1) is 19.2. The molecule has 1 fully saturated rings. The number of benzene rings is 1. The zero-order valence-electron chi connectivity index (χ0n) is 17.0. The molecule has 1 saturated heterocycles. The van der Waals surface area contributed by atoms with Gasteiger partial charge >= 0.3 is 0 Å². The molecular formula is C21H31N4PS. The molecule has 2 aliphatic heterocycles. The zero-order chi connectivity index (χ0) is 19.2. The van der Waals surface area contributed by atoms with E-state index in [9.17, 15) is 0 Å². The van der Waals surface area contributed by atoms with E-state index in [2.05, 4.69) is 72.6 Å². The predicted molar refractivity (Wildman–Crippen MR) is 120 cm³/mol. The number of fused-ring (bicyclic) bond motifs is 1. The smallest absolute Gasteiger partial charge is 0.153 e. The number of hydrogen-bond acceptors (Lipinski definition) is 3. The molecule has 4 rings (SSSR count). The van der Waals surface area contributed by atoms with Crippen LogP contribution in [0.25, 0.3) is 0 Å². The van der Waals surface area contributed by atoms with E-state index >= 15 is 0 Å². The standard InChI is InChI=1S/C21H31N4PS/c1-21(2)15-18-20(19(16-21)24-13-9-6-10-14-24)26(27,23(3)4)25(22-18)17-11-7-5-8-12-17/h5,7-8,11-12H,6,9-10,13-16H2,1-4H3/t26-/m1/s1. The minimum atomic E-state index is -2.15. The number of anilines is 1. The zero-order valence-corrected chi connectivity index (χ0v) is 18.7. The van der Waals surface area contributed by atoms with Crippen molar-refractivity contribution >= 4 is 29.5 Å².